The average molecular weight is 224 g/mol. The summed E-state index contributed by atoms with van der Waals surface area (Å²) in [6, 6.07) is 3.29. The van der Waals surface area contributed by atoms with E-state index in [0.717, 1.165) is 18.8 Å². The molecular weight excluding hydrogens is 204 g/mol. The summed E-state index contributed by atoms with van der Waals surface area (Å²) in [4.78, 5) is 11.3. The first-order valence-electron chi connectivity index (χ1n) is 5.91. The van der Waals surface area contributed by atoms with Crippen LogP contribution in [0.5, 0.6) is 0 Å². The largest absolute Gasteiger partial charge is 0.460 e. The molecule has 1 heterocycles. The molecule has 1 aromatic heterocycles. The highest BCUT2D eigenvalue weighted by Crippen LogP contribution is 2.08. The smallest absolute Gasteiger partial charge is 0.374 e. The number of carbonyl (C=O) groups excluding carboxylic acids is 1. The maximum Gasteiger partial charge on any atom is 0.374 e. The van der Waals surface area contributed by atoms with Crippen molar-refractivity contribution in [3.05, 3.63) is 24.2 Å². The number of unbranched alkanes of at least 4 members (excludes halogenated alkanes) is 2. The normalized spacial score (nSPS) is 10.7. The van der Waals surface area contributed by atoms with Crippen molar-refractivity contribution in [3.8, 4) is 0 Å². The molecule has 0 fully saturated rings. The van der Waals surface area contributed by atoms with Gasteiger partial charge in [-0.05, 0) is 24.5 Å². The number of hydrogen-bond donors (Lipinski definition) is 0. The van der Waals surface area contributed by atoms with Gasteiger partial charge in [0.15, 0.2) is 0 Å². The highest BCUT2D eigenvalue weighted by molar-refractivity contribution is 5.86. The SMILES string of the molecule is CC(C)CCCCCOC(=O)c1ccco1. The van der Waals surface area contributed by atoms with E-state index in [2.05, 4.69) is 13.8 Å². The zero-order valence-corrected chi connectivity index (χ0v) is 10.1. The van der Waals surface area contributed by atoms with E-state index in [4.69, 9.17) is 9.15 Å². The van der Waals surface area contributed by atoms with Gasteiger partial charge in [-0.1, -0.05) is 33.1 Å². The van der Waals surface area contributed by atoms with Gasteiger partial charge >= 0.3 is 5.97 Å². The van der Waals surface area contributed by atoms with Crippen molar-refractivity contribution in [2.24, 2.45) is 5.92 Å². The quantitative estimate of drug-likeness (QED) is 0.524. The van der Waals surface area contributed by atoms with Crippen molar-refractivity contribution >= 4 is 5.97 Å². The molecule has 0 N–H and O–H groups in total. The third-order valence-corrected chi connectivity index (χ3v) is 2.38. The minimum atomic E-state index is -0.367. The van der Waals surface area contributed by atoms with Gasteiger partial charge in [0.25, 0.3) is 0 Å². The van der Waals surface area contributed by atoms with Crippen LogP contribution in [0.3, 0.4) is 0 Å². The molecule has 0 aliphatic carbocycles. The fourth-order valence-electron chi connectivity index (χ4n) is 1.46. The van der Waals surface area contributed by atoms with Crippen molar-refractivity contribution in [1.82, 2.24) is 0 Å². The molecule has 0 aromatic carbocycles. The molecule has 0 saturated carbocycles. The van der Waals surface area contributed by atoms with E-state index in [9.17, 15) is 4.79 Å². The summed E-state index contributed by atoms with van der Waals surface area (Å²) in [7, 11) is 0. The maximum absolute atomic E-state index is 11.3. The van der Waals surface area contributed by atoms with E-state index in [1.165, 1.54) is 19.1 Å². The molecule has 3 nitrogen and oxygen atoms in total. The summed E-state index contributed by atoms with van der Waals surface area (Å²) < 4.78 is 9.99. The molecule has 0 saturated heterocycles. The van der Waals surface area contributed by atoms with E-state index in [0.29, 0.717) is 6.61 Å². The van der Waals surface area contributed by atoms with E-state index in [-0.39, 0.29) is 11.7 Å². The zero-order valence-electron chi connectivity index (χ0n) is 10.1. The molecular formula is C13H20O3. The lowest BCUT2D eigenvalue weighted by Gasteiger charge is -2.04. The minimum absolute atomic E-state index is 0.280. The minimum Gasteiger partial charge on any atom is -0.460 e. The van der Waals surface area contributed by atoms with Crippen LogP contribution in [-0.4, -0.2) is 12.6 Å². The van der Waals surface area contributed by atoms with Gasteiger partial charge in [-0.15, -0.1) is 0 Å². The van der Waals surface area contributed by atoms with Gasteiger partial charge in [-0.2, -0.15) is 0 Å². The first-order valence-corrected chi connectivity index (χ1v) is 5.91. The summed E-state index contributed by atoms with van der Waals surface area (Å²) in [5.41, 5.74) is 0. The Kier molecular flexibility index (Phi) is 5.68. The molecule has 90 valence electrons. The van der Waals surface area contributed by atoms with Crippen LogP contribution in [0.2, 0.25) is 0 Å². The third kappa shape index (κ3) is 5.01. The van der Waals surface area contributed by atoms with Gasteiger partial charge in [-0.3, -0.25) is 0 Å². The molecule has 1 rings (SSSR count). The van der Waals surface area contributed by atoms with Crippen molar-refractivity contribution in [1.29, 1.82) is 0 Å². The Morgan fingerprint density at radius 2 is 2.19 bits per heavy atom. The van der Waals surface area contributed by atoms with E-state index in [1.807, 2.05) is 0 Å². The molecule has 0 radical (unpaired) electrons. The summed E-state index contributed by atoms with van der Waals surface area (Å²) in [6.07, 6.45) is 5.96. The molecule has 0 amide bonds. The lowest BCUT2D eigenvalue weighted by atomic mass is 10.1. The van der Waals surface area contributed by atoms with Gasteiger partial charge in [0, 0.05) is 0 Å². The Morgan fingerprint density at radius 1 is 1.38 bits per heavy atom. The molecule has 0 atom stereocenters. The summed E-state index contributed by atoms with van der Waals surface area (Å²) in [6.45, 7) is 4.92. The zero-order chi connectivity index (χ0) is 11.8. The first-order chi connectivity index (χ1) is 7.70. The fourth-order valence-corrected chi connectivity index (χ4v) is 1.46. The number of hydrogen-bond acceptors (Lipinski definition) is 3. The Morgan fingerprint density at radius 3 is 2.81 bits per heavy atom. The van der Waals surface area contributed by atoms with E-state index >= 15 is 0 Å². The maximum atomic E-state index is 11.3. The molecule has 1 aromatic rings. The van der Waals surface area contributed by atoms with Gasteiger partial charge in [0.1, 0.15) is 0 Å². The van der Waals surface area contributed by atoms with Crippen molar-refractivity contribution in [2.45, 2.75) is 39.5 Å². The van der Waals surface area contributed by atoms with Crippen LogP contribution >= 0.6 is 0 Å². The second-order valence-electron chi connectivity index (χ2n) is 4.36. The summed E-state index contributed by atoms with van der Waals surface area (Å²) >= 11 is 0. The Hall–Kier alpha value is -1.25. The second-order valence-corrected chi connectivity index (χ2v) is 4.36. The molecule has 3 heteroatoms. The van der Waals surface area contributed by atoms with Crippen LogP contribution in [0.15, 0.2) is 22.8 Å². The lowest BCUT2D eigenvalue weighted by Crippen LogP contribution is -2.05. The van der Waals surface area contributed by atoms with Crippen LogP contribution in [0.1, 0.15) is 50.1 Å². The predicted molar refractivity (Wildman–Crippen MR) is 62.3 cm³/mol. The van der Waals surface area contributed by atoms with Crippen LogP contribution < -0.4 is 0 Å². The number of rotatable bonds is 7. The molecule has 0 unspecified atom stereocenters. The van der Waals surface area contributed by atoms with Crippen LogP contribution in [0, 0.1) is 5.92 Å². The Bertz CT molecular complexity index is 288. The number of furan rings is 1. The molecule has 0 aliphatic rings. The first kappa shape index (κ1) is 12.8. The average Bonchev–Trinajstić information content (AvgIpc) is 2.75. The highest BCUT2D eigenvalue weighted by Gasteiger charge is 2.08. The second kappa shape index (κ2) is 7.09. The van der Waals surface area contributed by atoms with Crippen molar-refractivity contribution in [3.63, 3.8) is 0 Å². The molecule has 0 bridgehead atoms. The predicted octanol–water partition coefficient (Wildman–Crippen LogP) is 3.65. The molecule has 0 spiro atoms. The summed E-state index contributed by atoms with van der Waals surface area (Å²) in [5.74, 6) is 0.668. The van der Waals surface area contributed by atoms with Crippen LogP contribution in [0.4, 0.5) is 0 Å². The Balaban J connectivity index is 2.01. The standard InChI is InChI=1S/C13H20O3/c1-11(2)7-4-3-5-9-16-13(14)12-8-6-10-15-12/h6,8,10-11H,3-5,7,9H2,1-2H3. The topological polar surface area (TPSA) is 39.4 Å². The third-order valence-electron chi connectivity index (χ3n) is 2.38. The number of carbonyl (C=O) groups is 1. The highest BCUT2D eigenvalue weighted by atomic mass is 16.5. The van der Waals surface area contributed by atoms with Crippen LogP contribution in [-0.2, 0) is 4.74 Å². The fraction of sp³-hybridized carbons (Fsp3) is 0.615. The van der Waals surface area contributed by atoms with Gasteiger partial charge in [0.05, 0.1) is 12.9 Å². The molecule has 0 aliphatic heterocycles. The summed E-state index contributed by atoms with van der Waals surface area (Å²) in [5, 5.41) is 0. The Labute approximate surface area is 96.8 Å². The lowest BCUT2D eigenvalue weighted by molar-refractivity contribution is 0.0461. The van der Waals surface area contributed by atoms with E-state index < -0.39 is 0 Å². The molecule has 16 heavy (non-hydrogen) atoms. The number of ether oxygens (including phenoxy) is 1. The van der Waals surface area contributed by atoms with Gasteiger partial charge in [0.2, 0.25) is 5.76 Å². The van der Waals surface area contributed by atoms with Gasteiger partial charge in [-0.25, -0.2) is 4.79 Å². The van der Waals surface area contributed by atoms with Crippen LogP contribution in [0.25, 0.3) is 0 Å². The van der Waals surface area contributed by atoms with Crippen molar-refractivity contribution < 1.29 is 13.9 Å². The van der Waals surface area contributed by atoms with E-state index in [1.54, 1.807) is 12.1 Å². The number of esters is 1. The van der Waals surface area contributed by atoms with Crippen molar-refractivity contribution in [2.75, 3.05) is 6.61 Å². The monoisotopic (exact) mass is 224 g/mol. The van der Waals surface area contributed by atoms with Gasteiger partial charge < -0.3 is 9.15 Å².